The number of carbonyl (C=O) groups excluding carboxylic acids is 1. The molecule has 0 saturated heterocycles. The fourth-order valence-corrected chi connectivity index (χ4v) is 2.98. The molecule has 0 N–H and O–H groups in total. The van der Waals surface area contributed by atoms with Gasteiger partial charge in [-0.2, -0.15) is 5.10 Å². The van der Waals surface area contributed by atoms with Crippen LogP contribution in [0.15, 0.2) is 48.5 Å². The Hall–Kier alpha value is -2.99. The van der Waals surface area contributed by atoms with E-state index in [0.29, 0.717) is 46.8 Å². The molecule has 7 heteroatoms. The van der Waals surface area contributed by atoms with E-state index in [2.05, 4.69) is 5.10 Å². The lowest BCUT2D eigenvalue weighted by molar-refractivity contribution is 0.0515. The van der Waals surface area contributed by atoms with Gasteiger partial charge in [0.2, 0.25) is 0 Å². The van der Waals surface area contributed by atoms with E-state index in [1.807, 2.05) is 18.2 Å². The van der Waals surface area contributed by atoms with E-state index in [4.69, 9.17) is 25.8 Å². The molecule has 1 aliphatic rings. The number of hydrogen-bond acceptors (Lipinski definition) is 5. The zero-order chi connectivity index (χ0) is 18.8. The monoisotopic (exact) mass is 384 g/mol. The molecule has 4 rings (SSSR count). The Bertz CT molecular complexity index is 982. The highest BCUT2D eigenvalue weighted by Crippen LogP contribution is 2.34. The third-order valence-electron chi connectivity index (χ3n) is 4.10. The largest absolute Gasteiger partial charge is 0.486 e. The zero-order valence-corrected chi connectivity index (χ0v) is 15.4. The molecular weight excluding hydrogens is 368 g/mol. The fraction of sp³-hybridized carbons (Fsp3) is 0.200. The molecule has 0 bridgehead atoms. The molecule has 6 nitrogen and oxygen atoms in total. The van der Waals surface area contributed by atoms with Crippen molar-refractivity contribution in [3.05, 3.63) is 59.2 Å². The Balaban J connectivity index is 1.79. The highest BCUT2D eigenvalue weighted by Gasteiger charge is 2.20. The van der Waals surface area contributed by atoms with Gasteiger partial charge in [0.05, 0.1) is 18.0 Å². The van der Waals surface area contributed by atoms with Crippen molar-refractivity contribution in [2.75, 3.05) is 19.8 Å². The average Bonchev–Trinajstić information content (AvgIpc) is 3.14. The zero-order valence-electron chi connectivity index (χ0n) is 14.6. The van der Waals surface area contributed by atoms with Crippen molar-refractivity contribution < 1.29 is 19.0 Å². The van der Waals surface area contributed by atoms with Crippen molar-refractivity contribution in [1.82, 2.24) is 9.78 Å². The number of rotatable bonds is 4. The van der Waals surface area contributed by atoms with E-state index in [-0.39, 0.29) is 6.61 Å². The van der Waals surface area contributed by atoms with Crippen LogP contribution in [0, 0.1) is 0 Å². The van der Waals surface area contributed by atoms with E-state index in [9.17, 15) is 4.79 Å². The van der Waals surface area contributed by atoms with E-state index < -0.39 is 5.97 Å². The number of nitrogens with zero attached hydrogens (tertiary/aromatic N) is 2. The Kier molecular flexibility index (Phi) is 4.73. The lowest BCUT2D eigenvalue weighted by Crippen LogP contribution is -2.15. The fourth-order valence-electron chi connectivity index (χ4n) is 2.85. The SMILES string of the molecule is CCOC(=O)c1cc(-c2ccc3c(c2)OCCO3)nn1-c1ccc(Cl)cc1. The molecule has 3 aromatic rings. The lowest BCUT2D eigenvalue weighted by atomic mass is 10.1. The van der Waals surface area contributed by atoms with Gasteiger partial charge in [0.1, 0.15) is 13.2 Å². The summed E-state index contributed by atoms with van der Waals surface area (Å²) in [5.74, 6) is 0.925. The van der Waals surface area contributed by atoms with E-state index in [0.717, 1.165) is 5.56 Å². The van der Waals surface area contributed by atoms with Crippen molar-refractivity contribution in [2.45, 2.75) is 6.92 Å². The standard InChI is InChI=1S/C20H17ClN2O4/c1-2-25-20(24)17-12-16(22-23(17)15-6-4-14(21)5-7-15)13-3-8-18-19(11-13)27-10-9-26-18/h3-8,11-12H,2,9-10H2,1H3. The Morgan fingerprint density at radius 2 is 1.85 bits per heavy atom. The van der Waals surface area contributed by atoms with Crippen LogP contribution in [0.3, 0.4) is 0 Å². The minimum absolute atomic E-state index is 0.282. The molecule has 0 amide bonds. The molecule has 0 saturated carbocycles. The maximum Gasteiger partial charge on any atom is 0.357 e. The van der Waals surface area contributed by atoms with Crippen molar-refractivity contribution >= 4 is 17.6 Å². The molecule has 0 spiro atoms. The molecule has 1 aromatic heterocycles. The first-order chi connectivity index (χ1) is 13.2. The highest BCUT2D eigenvalue weighted by molar-refractivity contribution is 6.30. The summed E-state index contributed by atoms with van der Waals surface area (Å²) in [6, 6.07) is 14.4. The van der Waals surface area contributed by atoms with Gasteiger partial charge >= 0.3 is 5.97 Å². The molecule has 0 aliphatic carbocycles. The van der Waals surface area contributed by atoms with Crippen LogP contribution in [-0.2, 0) is 4.74 Å². The summed E-state index contributed by atoms with van der Waals surface area (Å²) >= 11 is 5.97. The van der Waals surface area contributed by atoms with Gasteiger partial charge in [-0.05, 0) is 55.5 Å². The topological polar surface area (TPSA) is 62.6 Å². The van der Waals surface area contributed by atoms with Gasteiger partial charge in [-0.15, -0.1) is 0 Å². The molecule has 138 valence electrons. The maximum absolute atomic E-state index is 12.4. The summed E-state index contributed by atoms with van der Waals surface area (Å²) < 4.78 is 17.9. The summed E-state index contributed by atoms with van der Waals surface area (Å²) in [7, 11) is 0. The number of halogens is 1. The van der Waals surface area contributed by atoms with Gasteiger partial charge in [0, 0.05) is 10.6 Å². The second-order valence-corrected chi connectivity index (χ2v) is 6.32. The van der Waals surface area contributed by atoms with Crippen LogP contribution in [0.2, 0.25) is 5.02 Å². The summed E-state index contributed by atoms with van der Waals surface area (Å²) in [6.45, 7) is 3.08. The predicted octanol–water partition coefficient (Wildman–Crippen LogP) is 4.14. The molecule has 1 aliphatic heterocycles. The molecule has 27 heavy (non-hydrogen) atoms. The maximum atomic E-state index is 12.4. The summed E-state index contributed by atoms with van der Waals surface area (Å²) in [6.07, 6.45) is 0. The first-order valence-electron chi connectivity index (χ1n) is 8.59. The van der Waals surface area contributed by atoms with Gasteiger partial charge in [-0.3, -0.25) is 0 Å². The van der Waals surface area contributed by atoms with Crippen LogP contribution in [0.4, 0.5) is 0 Å². The van der Waals surface area contributed by atoms with Crippen molar-refractivity contribution in [2.24, 2.45) is 0 Å². The third-order valence-corrected chi connectivity index (χ3v) is 4.36. The van der Waals surface area contributed by atoms with E-state index >= 15 is 0 Å². The van der Waals surface area contributed by atoms with Crippen LogP contribution in [0.1, 0.15) is 17.4 Å². The van der Waals surface area contributed by atoms with Gasteiger partial charge in [0.25, 0.3) is 0 Å². The Morgan fingerprint density at radius 3 is 2.59 bits per heavy atom. The number of esters is 1. The van der Waals surface area contributed by atoms with Gasteiger partial charge in [0.15, 0.2) is 17.2 Å². The van der Waals surface area contributed by atoms with Gasteiger partial charge in [-0.1, -0.05) is 11.6 Å². The molecule has 0 unspecified atom stereocenters. The Labute approximate surface area is 161 Å². The lowest BCUT2D eigenvalue weighted by Gasteiger charge is -2.18. The van der Waals surface area contributed by atoms with E-state index in [1.54, 1.807) is 41.9 Å². The summed E-state index contributed by atoms with van der Waals surface area (Å²) in [4.78, 5) is 12.4. The highest BCUT2D eigenvalue weighted by atomic mass is 35.5. The predicted molar refractivity (Wildman–Crippen MR) is 101 cm³/mol. The Morgan fingerprint density at radius 1 is 1.11 bits per heavy atom. The number of benzene rings is 2. The van der Waals surface area contributed by atoms with Crippen LogP contribution < -0.4 is 9.47 Å². The molecule has 2 heterocycles. The van der Waals surface area contributed by atoms with Crippen LogP contribution in [0.25, 0.3) is 16.9 Å². The number of hydrogen-bond donors (Lipinski definition) is 0. The summed E-state index contributed by atoms with van der Waals surface area (Å²) in [5.41, 5.74) is 2.50. The smallest absolute Gasteiger partial charge is 0.357 e. The summed E-state index contributed by atoms with van der Waals surface area (Å²) in [5, 5.41) is 5.22. The van der Waals surface area contributed by atoms with Crippen molar-refractivity contribution in [3.8, 4) is 28.4 Å². The minimum atomic E-state index is -0.441. The first kappa shape index (κ1) is 17.4. The molecule has 0 atom stereocenters. The second-order valence-electron chi connectivity index (χ2n) is 5.88. The molecule has 2 aromatic carbocycles. The van der Waals surface area contributed by atoms with Crippen LogP contribution in [-0.4, -0.2) is 35.6 Å². The number of fused-ring (bicyclic) bond motifs is 1. The van der Waals surface area contributed by atoms with Crippen molar-refractivity contribution in [3.63, 3.8) is 0 Å². The van der Waals surface area contributed by atoms with E-state index in [1.165, 1.54) is 0 Å². The van der Waals surface area contributed by atoms with Gasteiger partial charge in [-0.25, -0.2) is 9.48 Å². The quantitative estimate of drug-likeness (QED) is 0.632. The minimum Gasteiger partial charge on any atom is -0.486 e. The van der Waals surface area contributed by atoms with Crippen LogP contribution >= 0.6 is 11.6 Å². The van der Waals surface area contributed by atoms with Gasteiger partial charge < -0.3 is 14.2 Å². The third kappa shape index (κ3) is 3.48. The molecule has 0 fully saturated rings. The average molecular weight is 385 g/mol. The van der Waals surface area contributed by atoms with Crippen LogP contribution in [0.5, 0.6) is 11.5 Å². The molecule has 0 radical (unpaired) electrons. The number of aromatic nitrogens is 2. The van der Waals surface area contributed by atoms with Crippen molar-refractivity contribution in [1.29, 1.82) is 0 Å². The number of ether oxygens (including phenoxy) is 3. The second kappa shape index (κ2) is 7.32. The molecular formula is C20H17ClN2O4. The normalized spacial score (nSPS) is 12.7. The first-order valence-corrected chi connectivity index (χ1v) is 8.96. The number of carbonyl (C=O) groups is 1.